The van der Waals surface area contributed by atoms with Crippen LogP contribution in [0.2, 0.25) is 0 Å². The Morgan fingerprint density at radius 2 is 1.93 bits per heavy atom. The van der Waals surface area contributed by atoms with E-state index in [1.807, 2.05) is 6.92 Å². The lowest BCUT2D eigenvalue weighted by Crippen LogP contribution is -2.43. The lowest BCUT2D eigenvalue weighted by molar-refractivity contribution is -0.121. The van der Waals surface area contributed by atoms with Gasteiger partial charge in [0.15, 0.2) is 9.84 Å². The summed E-state index contributed by atoms with van der Waals surface area (Å²) in [6.45, 7) is 2.88. The molecule has 1 atom stereocenters. The number of carbonyl (C=O) groups is 1. The minimum atomic E-state index is -3.86. The first-order valence-electron chi connectivity index (χ1n) is 8.91. The van der Waals surface area contributed by atoms with E-state index in [1.165, 1.54) is 31.3 Å². The number of likely N-dealkylation sites (N-methyl/N-ethyl adjacent to an activating group) is 1. The number of hydrogen-bond acceptors (Lipinski definition) is 7. The van der Waals surface area contributed by atoms with Gasteiger partial charge in [-0.05, 0) is 37.6 Å². The summed E-state index contributed by atoms with van der Waals surface area (Å²) in [5.74, 6) is -0.101. The second-order valence-electron chi connectivity index (χ2n) is 6.45. The minimum Gasteiger partial charge on any atom is -0.491 e. The molecule has 1 aromatic rings. The average Bonchev–Trinajstić information content (AvgIpc) is 2.97. The smallest absolute Gasteiger partial charge is 0.243 e. The summed E-state index contributed by atoms with van der Waals surface area (Å²) in [4.78, 5) is 12.1. The molecule has 0 bridgehead atoms. The van der Waals surface area contributed by atoms with Gasteiger partial charge >= 0.3 is 0 Å². The van der Waals surface area contributed by atoms with Crippen molar-refractivity contribution >= 4 is 25.8 Å². The van der Waals surface area contributed by atoms with E-state index in [2.05, 4.69) is 5.32 Å². The van der Waals surface area contributed by atoms with Crippen molar-refractivity contribution in [2.45, 2.75) is 24.3 Å². The van der Waals surface area contributed by atoms with E-state index in [1.54, 1.807) is 0 Å². The number of hydrogen-bond donors (Lipinski definition) is 1. The Morgan fingerprint density at radius 1 is 1.25 bits per heavy atom. The Hall–Kier alpha value is -1.69. The highest BCUT2D eigenvalue weighted by atomic mass is 32.2. The summed E-state index contributed by atoms with van der Waals surface area (Å²) in [6.07, 6.45) is 0.343. The lowest BCUT2D eigenvalue weighted by atomic mass is 10.2. The molecule has 158 valence electrons. The fourth-order valence-corrected chi connectivity index (χ4v) is 5.52. The molecule has 0 radical (unpaired) electrons. The quantitative estimate of drug-likeness (QED) is 0.516. The van der Waals surface area contributed by atoms with Crippen molar-refractivity contribution in [2.24, 2.45) is 0 Å². The van der Waals surface area contributed by atoms with Gasteiger partial charge in [-0.1, -0.05) is 0 Å². The van der Waals surface area contributed by atoms with E-state index >= 15 is 0 Å². The van der Waals surface area contributed by atoms with Crippen LogP contribution < -0.4 is 10.1 Å². The first-order chi connectivity index (χ1) is 13.1. The third-order valence-corrected chi connectivity index (χ3v) is 7.78. The second-order valence-corrected chi connectivity index (χ2v) is 10.7. The summed E-state index contributed by atoms with van der Waals surface area (Å²) >= 11 is 0. The highest BCUT2D eigenvalue weighted by Gasteiger charge is 2.30. The van der Waals surface area contributed by atoms with E-state index in [0.717, 1.165) is 4.31 Å². The maximum absolute atomic E-state index is 12.6. The maximum Gasteiger partial charge on any atom is 0.243 e. The van der Waals surface area contributed by atoms with Crippen molar-refractivity contribution < 1.29 is 31.1 Å². The summed E-state index contributed by atoms with van der Waals surface area (Å²) in [7, 11) is -5.69. The molecule has 1 fully saturated rings. The van der Waals surface area contributed by atoms with Crippen molar-refractivity contribution in [3.05, 3.63) is 24.3 Å². The van der Waals surface area contributed by atoms with Crippen molar-refractivity contribution in [1.29, 1.82) is 0 Å². The molecule has 1 amide bonds. The van der Waals surface area contributed by atoms with Crippen molar-refractivity contribution in [1.82, 2.24) is 9.62 Å². The number of nitrogens with one attached hydrogen (secondary N) is 1. The van der Waals surface area contributed by atoms with Gasteiger partial charge in [-0.3, -0.25) is 4.79 Å². The van der Waals surface area contributed by atoms with Gasteiger partial charge in [-0.2, -0.15) is 4.31 Å². The van der Waals surface area contributed by atoms with E-state index in [0.29, 0.717) is 32.0 Å². The standard InChI is InChI=1S/C17H26N2O7S2/c1-3-25-9-10-26-15-4-6-16(7-5-15)28(23,24)19(2)12-17(20)18-14-8-11-27(21,22)13-14/h4-7,14H,3,8-13H2,1-2H3,(H,18,20). The number of carbonyl (C=O) groups excluding carboxylic acids is 1. The number of benzene rings is 1. The number of sulfone groups is 1. The molecule has 1 heterocycles. The molecule has 0 aromatic heterocycles. The minimum absolute atomic E-state index is 0.0309. The van der Waals surface area contributed by atoms with E-state index < -0.39 is 38.4 Å². The van der Waals surface area contributed by atoms with Gasteiger partial charge in [0.25, 0.3) is 0 Å². The van der Waals surface area contributed by atoms with Gasteiger partial charge in [-0.25, -0.2) is 16.8 Å². The van der Waals surface area contributed by atoms with Crippen LogP contribution in [-0.4, -0.2) is 78.0 Å². The molecule has 0 spiro atoms. The number of amides is 1. The zero-order valence-corrected chi connectivity index (χ0v) is 17.6. The molecular formula is C17H26N2O7S2. The summed E-state index contributed by atoms with van der Waals surface area (Å²) < 4.78 is 59.6. The molecule has 1 aromatic carbocycles. The first kappa shape index (κ1) is 22.6. The molecule has 1 aliphatic heterocycles. The van der Waals surface area contributed by atoms with Gasteiger partial charge in [0, 0.05) is 19.7 Å². The van der Waals surface area contributed by atoms with Gasteiger partial charge < -0.3 is 14.8 Å². The molecule has 9 nitrogen and oxygen atoms in total. The van der Waals surface area contributed by atoms with Crippen molar-refractivity contribution in [3.8, 4) is 5.75 Å². The Morgan fingerprint density at radius 3 is 2.50 bits per heavy atom. The molecular weight excluding hydrogens is 408 g/mol. The number of nitrogens with zero attached hydrogens (tertiary/aromatic N) is 1. The van der Waals surface area contributed by atoms with E-state index in [4.69, 9.17) is 9.47 Å². The monoisotopic (exact) mass is 434 g/mol. The fraction of sp³-hybridized carbons (Fsp3) is 0.588. The molecule has 2 rings (SSSR count). The number of rotatable bonds is 10. The normalized spacial score (nSPS) is 18.9. The zero-order valence-electron chi connectivity index (χ0n) is 16.0. The van der Waals surface area contributed by atoms with E-state index in [9.17, 15) is 21.6 Å². The molecule has 1 unspecified atom stereocenters. The predicted octanol–water partition coefficient (Wildman–Crippen LogP) is 0.0257. The topological polar surface area (TPSA) is 119 Å². The van der Waals surface area contributed by atoms with Crippen LogP contribution in [-0.2, 0) is 29.4 Å². The third-order valence-electron chi connectivity index (χ3n) is 4.20. The van der Waals surface area contributed by atoms with Crippen LogP contribution in [0.5, 0.6) is 5.75 Å². The Kier molecular flexibility index (Phi) is 7.81. The second kappa shape index (κ2) is 9.68. The lowest BCUT2D eigenvalue weighted by Gasteiger charge is -2.18. The first-order valence-corrected chi connectivity index (χ1v) is 12.2. The molecule has 11 heteroatoms. The SMILES string of the molecule is CCOCCOc1ccc(S(=O)(=O)N(C)CC(=O)NC2CCS(=O)(=O)C2)cc1. The molecule has 1 saturated heterocycles. The number of ether oxygens (including phenoxy) is 2. The number of sulfonamides is 1. The Labute approximate surface area is 166 Å². The van der Waals surface area contributed by atoms with Gasteiger partial charge in [0.1, 0.15) is 12.4 Å². The molecule has 0 saturated carbocycles. The fourth-order valence-electron chi connectivity index (χ4n) is 2.72. The van der Waals surface area contributed by atoms with Crippen LogP contribution in [0, 0.1) is 0 Å². The van der Waals surface area contributed by atoms with Gasteiger partial charge in [-0.15, -0.1) is 0 Å². The highest BCUT2D eigenvalue weighted by Crippen LogP contribution is 2.19. The van der Waals surface area contributed by atoms with Gasteiger partial charge in [0.05, 0.1) is 29.6 Å². The van der Waals surface area contributed by atoms with Crippen LogP contribution in [0.15, 0.2) is 29.2 Å². The van der Waals surface area contributed by atoms with Crippen LogP contribution in [0.3, 0.4) is 0 Å². The molecule has 1 N–H and O–H groups in total. The van der Waals surface area contributed by atoms with Gasteiger partial charge in [0.2, 0.25) is 15.9 Å². The molecule has 28 heavy (non-hydrogen) atoms. The Balaban J connectivity index is 1.90. The highest BCUT2D eigenvalue weighted by molar-refractivity contribution is 7.91. The summed E-state index contributed by atoms with van der Waals surface area (Å²) in [6, 6.07) is 5.42. The van der Waals surface area contributed by atoms with Crippen molar-refractivity contribution in [2.75, 3.05) is 44.9 Å². The molecule has 0 aliphatic carbocycles. The maximum atomic E-state index is 12.6. The zero-order chi connectivity index (χ0) is 20.8. The largest absolute Gasteiger partial charge is 0.491 e. The third kappa shape index (κ3) is 6.43. The summed E-state index contributed by atoms with van der Waals surface area (Å²) in [5.41, 5.74) is 0. The van der Waals surface area contributed by atoms with Crippen LogP contribution >= 0.6 is 0 Å². The van der Waals surface area contributed by atoms with E-state index in [-0.39, 0.29) is 16.4 Å². The predicted molar refractivity (Wildman–Crippen MR) is 103 cm³/mol. The van der Waals surface area contributed by atoms with Crippen LogP contribution in [0.4, 0.5) is 0 Å². The molecule has 1 aliphatic rings. The van der Waals surface area contributed by atoms with Crippen molar-refractivity contribution in [3.63, 3.8) is 0 Å². The Bertz CT molecular complexity index is 867. The average molecular weight is 435 g/mol. The van der Waals surface area contributed by atoms with Crippen LogP contribution in [0.25, 0.3) is 0 Å². The summed E-state index contributed by atoms with van der Waals surface area (Å²) in [5, 5.41) is 2.58. The van der Waals surface area contributed by atoms with Crippen LogP contribution in [0.1, 0.15) is 13.3 Å².